The van der Waals surface area contributed by atoms with E-state index in [1.54, 1.807) is 0 Å². The van der Waals surface area contributed by atoms with Gasteiger partial charge in [-0.3, -0.25) is 4.90 Å². The monoisotopic (exact) mass is 218 g/mol. The Morgan fingerprint density at radius 1 is 1.38 bits per heavy atom. The summed E-state index contributed by atoms with van der Waals surface area (Å²) in [7, 11) is 1.97. The second kappa shape index (κ2) is 7.20. The first kappa shape index (κ1) is 12.9. The lowest BCUT2D eigenvalue weighted by Crippen LogP contribution is -2.22. The first-order chi connectivity index (χ1) is 7.80. The molecule has 0 spiro atoms. The van der Waals surface area contributed by atoms with Crippen molar-refractivity contribution in [3.63, 3.8) is 0 Å². The van der Waals surface area contributed by atoms with Gasteiger partial charge in [0.15, 0.2) is 0 Å². The van der Waals surface area contributed by atoms with Crippen molar-refractivity contribution in [2.45, 2.75) is 20.0 Å². The molecule has 1 rings (SSSR count). The second-order valence-corrected chi connectivity index (χ2v) is 3.97. The molecule has 0 unspecified atom stereocenters. The van der Waals surface area contributed by atoms with Gasteiger partial charge in [-0.25, -0.2) is 0 Å². The lowest BCUT2D eigenvalue weighted by Gasteiger charge is -2.18. The van der Waals surface area contributed by atoms with E-state index in [0.29, 0.717) is 0 Å². The second-order valence-electron chi connectivity index (χ2n) is 3.97. The van der Waals surface area contributed by atoms with E-state index in [9.17, 15) is 0 Å². The number of likely N-dealkylation sites (N-methyl/N-ethyl adjacent to an activating group) is 1. The quantitative estimate of drug-likeness (QED) is 0.707. The molecule has 0 amide bonds. The number of nitrogens with one attached hydrogen (secondary N) is 1. The van der Waals surface area contributed by atoms with Gasteiger partial charge in [-0.2, -0.15) is 0 Å². The van der Waals surface area contributed by atoms with Crippen LogP contribution in [-0.2, 0) is 13.1 Å². The van der Waals surface area contributed by atoms with Gasteiger partial charge in [0.2, 0.25) is 0 Å². The van der Waals surface area contributed by atoms with Crippen LogP contribution in [0, 0.1) is 0 Å². The van der Waals surface area contributed by atoms with Gasteiger partial charge in [0.05, 0.1) is 0 Å². The molecule has 0 atom stereocenters. The van der Waals surface area contributed by atoms with Crippen molar-refractivity contribution in [3.05, 3.63) is 48.0 Å². The minimum atomic E-state index is 0.932. The lowest BCUT2D eigenvalue weighted by molar-refractivity contribution is 0.311. The van der Waals surface area contributed by atoms with Crippen LogP contribution in [0.3, 0.4) is 0 Å². The molecule has 0 saturated carbocycles. The molecular formula is C14H22N2. The van der Waals surface area contributed by atoms with Crippen LogP contribution >= 0.6 is 0 Å². The summed E-state index contributed by atoms with van der Waals surface area (Å²) in [4.78, 5) is 2.37. The van der Waals surface area contributed by atoms with Crippen molar-refractivity contribution < 1.29 is 0 Å². The van der Waals surface area contributed by atoms with Crippen molar-refractivity contribution in [2.24, 2.45) is 0 Å². The van der Waals surface area contributed by atoms with Gasteiger partial charge in [0.25, 0.3) is 0 Å². The van der Waals surface area contributed by atoms with Crippen LogP contribution in [0.15, 0.2) is 36.9 Å². The molecule has 1 aromatic carbocycles. The van der Waals surface area contributed by atoms with E-state index in [4.69, 9.17) is 0 Å². The van der Waals surface area contributed by atoms with Crippen LogP contribution in [0.4, 0.5) is 0 Å². The molecule has 0 fully saturated rings. The zero-order valence-electron chi connectivity index (χ0n) is 10.4. The normalized spacial score (nSPS) is 10.7. The smallest absolute Gasteiger partial charge is 0.0237 e. The van der Waals surface area contributed by atoms with Gasteiger partial charge in [0, 0.05) is 19.6 Å². The summed E-state index contributed by atoms with van der Waals surface area (Å²) in [6.45, 7) is 9.91. The molecule has 2 nitrogen and oxygen atoms in total. The van der Waals surface area contributed by atoms with Crippen LogP contribution in [0.1, 0.15) is 18.1 Å². The van der Waals surface area contributed by atoms with E-state index in [-0.39, 0.29) is 0 Å². The van der Waals surface area contributed by atoms with E-state index in [0.717, 1.165) is 26.2 Å². The van der Waals surface area contributed by atoms with Crippen LogP contribution in [0.2, 0.25) is 0 Å². The molecule has 0 aliphatic heterocycles. The van der Waals surface area contributed by atoms with Crippen molar-refractivity contribution >= 4 is 0 Å². The summed E-state index contributed by atoms with van der Waals surface area (Å²) in [6.07, 6.45) is 1.96. The summed E-state index contributed by atoms with van der Waals surface area (Å²) >= 11 is 0. The Hall–Kier alpha value is -1.12. The van der Waals surface area contributed by atoms with Crippen LogP contribution in [0.5, 0.6) is 0 Å². The van der Waals surface area contributed by atoms with E-state index < -0.39 is 0 Å². The van der Waals surface area contributed by atoms with Crippen LogP contribution in [0.25, 0.3) is 0 Å². The number of hydrogen-bond acceptors (Lipinski definition) is 2. The maximum atomic E-state index is 3.79. The summed E-state index contributed by atoms with van der Waals surface area (Å²) < 4.78 is 0. The molecule has 0 aliphatic rings. The molecule has 1 aromatic rings. The number of rotatable bonds is 7. The van der Waals surface area contributed by atoms with Gasteiger partial charge >= 0.3 is 0 Å². The Labute approximate surface area is 99.0 Å². The third kappa shape index (κ3) is 4.17. The Bertz CT molecular complexity index is 320. The number of benzene rings is 1. The van der Waals surface area contributed by atoms with Crippen molar-refractivity contribution in [1.29, 1.82) is 0 Å². The number of nitrogens with zero attached hydrogens (tertiary/aromatic N) is 1. The average Bonchev–Trinajstić information content (AvgIpc) is 2.29. The summed E-state index contributed by atoms with van der Waals surface area (Å²) in [5, 5.41) is 3.17. The third-order valence-corrected chi connectivity index (χ3v) is 2.61. The van der Waals surface area contributed by atoms with Crippen molar-refractivity contribution in [3.8, 4) is 0 Å². The van der Waals surface area contributed by atoms with Gasteiger partial charge in [0.1, 0.15) is 0 Å². The molecule has 0 heterocycles. The molecular weight excluding hydrogens is 196 g/mol. The highest BCUT2D eigenvalue weighted by molar-refractivity contribution is 5.23. The summed E-state index contributed by atoms with van der Waals surface area (Å²) in [5.74, 6) is 0. The van der Waals surface area contributed by atoms with Gasteiger partial charge < -0.3 is 5.32 Å². The van der Waals surface area contributed by atoms with Gasteiger partial charge in [-0.15, -0.1) is 6.58 Å². The molecule has 0 radical (unpaired) electrons. The van der Waals surface area contributed by atoms with Crippen molar-refractivity contribution in [1.82, 2.24) is 10.2 Å². The fourth-order valence-corrected chi connectivity index (χ4v) is 1.79. The fraction of sp³-hybridized carbons (Fsp3) is 0.429. The third-order valence-electron chi connectivity index (χ3n) is 2.61. The zero-order chi connectivity index (χ0) is 11.8. The summed E-state index contributed by atoms with van der Waals surface area (Å²) in [6, 6.07) is 8.74. The minimum Gasteiger partial charge on any atom is -0.316 e. The zero-order valence-corrected chi connectivity index (χ0v) is 10.4. The lowest BCUT2D eigenvalue weighted by atomic mass is 10.1. The summed E-state index contributed by atoms with van der Waals surface area (Å²) in [5.41, 5.74) is 2.71. The molecule has 1 N–H and O–H groups in total. The molecule has 16 heavy (non-hydrogen) atoms. The molecule has 0 aromatic heterocycles. The van der Waals surface area contributed by atoms with Crippen LogP contribution in [-0.4, -0.2) is 25.0 Å². The van der Waals surface area contributed by atoms with E-state index in [1.807, 2.05) is 13.1 Å². The highest BCUT2D eigenvalue weighted by Gasteiger charge is 2.02. The topological polar surface area (TPSA) is 15.3 Å². The largest absolute Gasteiger partial charge is 0.316 e. The molecule has 88 valence electrons. The Morgan fingerprint density at radius 2 is 2.12 bits per heavy atom. The van der Waals surface area contributed by atoms with Crippen LogP contribution < -0.4 is 5.32 Å². The maximum absolute atomic E-state index is 3.79. The van der Waals surface area contributed by atoms with Gasteiger partial charge in [-0.1, -0.05) is 37.3 Å². The molecule has 2 heteroatoms. The fourth-order valence-electron chi connectivity index (χ4n) is 1.79. The first-order valence-electron chi connectivity index (χ1n) is 5.85. The minimum absolute atomic E-state index is 0.932. The van der Waals surface area contributed by atoms with Crippen molar-refractivity contribution in [2.75, 3.05) is 20.1 Å². The number of hydrogen-bond donors (Lipinski definition) is 1. The van der Waals surface area contributed by atoms with E-state index in [2.05, 4.69) is 48.0 Å². The Kier molecular flexibility index (Phi) is 5.83. The SMILES string of the molecule is C=CCN(CC)Cc1cccc(CNC)c1. The molecule has 0 bridgehead atoms. The predicted octanol–water partition coefficient (Wildman–Crippen LogP) is 2.41. The molecule has 0 saturated heterocycles. The molecule has 0 aliphatic carbocycles. The standard InChI is InChI=1S/C14H22N2/c1-4-9-16(5-2)12-14-8-6-7-13(10-14)11-15-3/h4,6-8,10,15H,1,5,9,11-12H2,2-3H3. The average molecular weight is 218 g/mol. The van der Waals surface area contributed by atoms with Gasteiger partial charge in [-0.05, 0) is 24.7 Å². The first-order valence-corrected chi connectivity index (χ1v) is 5.85. The van der Waals surface area contributed by atoms with E-state index >= 15 is 0 Å². The van der Waals surface area contributed by atoms with E-state index in [1.165, 1.54) is 11.1 Å². The highest BCUT2D eigenvalue weighted by Crippen LogP contribution is 2.08. The Balaban J connectivity index is 2.64. The highest BCUT2D eigenvalue weighted by atomic mass is 15.1. The maximum Gasteiger partial charge on any atom is 0.0237 e. The predicted molar refractivity (Wildman–Crippen MR) is 70.4 cm³/mol. The Morgan fingerprint density at radius 3 is 2.75 bits per heavy atom.